The highest BCUT2D eigenvalue weighted by Crippen LogP contribution is 2.36. The number of benzene rings is 2. The van der Waals surface area contributed by atoms with Crippen LogP contribution in [-0.4, -0.2) is 24.6 Å². The Bertz CT molecular complexity index is 956. The molecule has 1 aliphatic rings. The van der Waals surface area contributed by atoms with Crippen LogP contribution in [0.2, 0.25) is 0 Å². The molecular formula is C27H29FO4. The summed E-state index contributed by atoms with van der Waals surface area (Å²) in [5, 5.41) is 0. The Labute approximate surface area is 188 Å². The Morgan fingerprint density at radius 1 is 0.938 bits per heavy atom. The lowest BCUT2D eigenvalue weighted by Gasteiger charge is -2.28. The SMILES string of the molecule is C=CC(=O)OCCCc1ccc(-c2ccc(C3CCC(OC(=O)C=C)CC3)c(F)c2)cc1. The fraction of sp³-hybridized carbons (Fsp3) is 0.333. The van der Waals surface area contributed by atoms with Gasteiger partial charge in [0.1, 0.15) is 11.9 Å². The van der Waals surface area contributed by atoms with Crippen LogP contribution >= 0.6 is 0 Å². The topological polar surface area (TPSA) is 52.6 Å². The summed E-state index contributed by atoms with van der Waals surface area (Å²) in [4.78, 5) is 22.4. The minimum Gasteiger partial charge on any atom is -0.463 e. The molecule has 1 fully saturated rings. The zero-order chi connectivity index (χ0) is 22.9. The van der Waals surface area contributed by atoms with E-state index < -0.39 is 11.9 Å². The van der Waals surface area contributed by atoms with Crippen LogP contribution in [0.25, 0.3) is 11.1 Å². The van der Waals surface area contributed by atoms with E-state index in [1.807, 2.05) is 36.4 Å². The third-order valence-corrected chi connectivity index (χ3v) is 5.87. The van der Waals surface area contributed by atoms with E-state index in [2.05, 4.69) is 13.2 Å². The Kier molecular flexibility index (Phi) is 8.37. The van der Waals surface area contributed by atoms with E-state index in [9.17, 15) is 14.0 Å². The molecule has 0 spiro atoms. The van der Waals surface area contributed by atoms with Crippen LogP contribution < -0.4 is 0 Å². The van der Waals surface area contributed by atoms with Gasteiger partial charge in [-0.1, -0.05) is 49.6 Å². The van der Waals surface area contributed by atoms with E-state index in [0.29, 0.717) is 6.61 Å². The summed E-state index contributed by atoms with van der Waals surface area (Å²) in [6, 6.07) is 13.4. The molecule has 1 saturated carbocycles. The van der Waals surface area contributed by atoms with Crippen LogP contribution in [0.5, 0.6) is 0 Å². The van der Waals surface area contributed by atoms with E-state index in [4.69, 9.17) is 9.47 Å². The maximum atomic E-state index is 14.9. The summed E-state index contributed by atoms with van der Waals surface area (Å²) in [7, 11) is 0. The first-order valence-electron chi connectivity index (χ1n) is 11.0. The number of halogens is 1. The van der Waals surface area contributed by atoms with Crippen molar-refractivity contribution in [3.8, 4) is 11.1 Å². The minimum atomic E-state index is -0.407. The first-order chi connectivity index (χ1) is 15.5. The Hall–Kier alpha value is -3.21. The van der Waals surface area contributed by atoms with Crippen LogP contribution in [0.15, 0.2) is 67.8 Å². The molecule has 0 unspecified atom stereocenters. The summed E-state index contributed by atoms with van der Waals surface area (Å²) >= 11 is 0. The third kappa shape index (κ3) is 6.39. The fourth-order valence-electron chi connectivity index (χ4n) is 4.11. The molecule has 32 heavy (non-hydrogen) atoms. The van der Waals surface area contributed by atoms with Gasteiger partial charge in [-0.25, -0.2) is 14.0 Å². The number of esters is 2. The summed E-state index contributed by atoms with van der Waals surface area (Å²) in [5.74, 6) is -0.858. The molecule has 0 heterocycles. The van der Waals surface area contributed by atoms with Gasteiger partial charge in [-0.3, -0.25) is 0 Å². The van der Waals surface area contributed by atoms with Crippen molar-refractivity contribution in [2.24, 2.45) is 0 Å². The molecule has 0 saturated heterocycles. The highest BCUT2D eigenvalue weighted by molar-refractivity contribution is 5.81. The second kappa shape index (κ2) is 11.4. The summed E-state index contributed by atoms with van der Waals surface area (Å²) < 4.78 is 25.2. The molecule has 5 heteroatoms. The summed E-state index contributed by atoms with van der Waals surface area (Å²) in [6.45, 7) is 7.15. The van der Waals surface area contributed by atoms with Gasteiger partial charge in [0.2, 0.25) is 0 Å². The highest BCUT2D eigenvalue weighted by atomic mass is 19.1. The van der Waals surface area contributed by atoms with Gasteiger partial charge in [-0.2, -0.15) is 0 Å². The van der Waals surface area contributed by atoms with Gasteiger partial charge in [0.15, 0.2) is 0 Å². The van der Waals surface area contributed by atoms with E-state index in [1.165, 1.54) is 6.08 Å². The Morgan fingerprint density at radius 3 is 2.22 bits per heavy atom. The lowest BCUT2D eigenvalue weighted by atomic mass is 9.82. The molecule has 0 radical (unpaired) electrons. The van der Waals surface area contributed by atoms with E-state index in [-0.39, 0.29) is 17.8 Å². The first-order valence-corrected chi connectivity index (χ1v) is 11.0. The van der Waals surface area contributed by atoms with Crippen molar-refractivity contribution >= 4 is 11.9 Å². The molecular weight excluding hydrogens is 407 g/mol. The second-order valence-electron chi connectivity index (χ2n) is 8.02. The molecule has 2 aromatic carbocycles. The second-order valence-corrected chi connectivity index (χ2v) is 8.02. The van der Waals surface area contributed by atoms with Crippen molar-refractivity contribution in [3.05, 3.63) is 84.7 Å². The third-order valence-electron chi connectivity index (χ3n) is 5.87. The molecule has 0 aromatic heterocycles. The van der Waals surface area contributed by atoms with Gasteiger partial charge in [-0.05, 0) is 72.8 Å². The van der Waals surface area contributed by atoms with Gasteiger partial charge >= 0.3 is 11.9 Å². The summed E-state index contributed by atoms with van der Waals surface area (Å²) in [5.41, 5.74) is 3.66. The monoisotopic (exact) mass is 436 g/mol. The zero-order valence-corrected chi connectivity index (χ0v) is 18.2. The van der Waals surface area contributed by atoms with E-state index in [1.54, 1.807) is 6.07 Å². The zero-order valence-electron chi connectivity index (χ0n) is 18.2. The molecule has 0 bridgehead atoms. The number of rotatable bonds is 9. The van der Waals surface area contributed by atoms with Crippen LogP contribution in [0.1, 0.15) is 49.1 Å². The summed E-state index contributed by atoms with van der Waals surface area (Å²) in [6.07, 6.45) is 6.82. The van der Waals surface area contributed by atoms with Crippen LogP contribution in [0, 0.1) is 5.82 Å². The number of carbonyl (C=O) groups is 2. The van der Waals surface area contributed by atoms with Crippen molar-refractivity contribution in [1.29, 1.82) is 0 Å². The van der Waals surface area contributed by atoms with Crippen LogP contribution in [0.3, 0.4) is 0 Å². The number of aryl methyl sites for hydroxylation is 1. The molecule has 168 valence electrons. The van der Waals surface area contributed by atoms with Gasteiger partial charge in [-0.15, -0.1) is 0 Å². The van der Waals surface area contributed by atoms with Gasteiger partial charge in [0.05, 0.1) is 6.61 Å². The molecule has 1 aliphatic carbocycles. The predicted octanol–water partition coefficient (Wildman–Crippen LogP) is 5.91. The number of carbonyl (C=O) groups excluding carboxylic acids is 2. The molecule has 0 amide bonds. The van der Waals surface area contributed by atoms with Gasteiger partial charge in [0.25, 0.3) is 0 Å². The Morgan fingerprint density at radius 2 is 1.59 bits per heavy atom. The number of ether oxygens (including phenoxy) is 2. The molecule has 0 aliphatic heterocycles. The van der Waals surface area contributed by atoms with Crippen LogP contribution in [-0.2, 0) is 25.5 Å². The maximum Gasteiger partial charge on any atom is 0.330 e. The average Bonchev–Trinajstić information content (AvgIpc) is 2.82. The van der Waals surface area contributed by atoms with Crippen molar-refractivity contribution in [3.63, 3.8) is 0 Å². The number of hydrogen-bond acceptors (Lipinski definition) is 4. The largest absolute Gasteiger partial charge is 0.463 e. The molecule has 2 aromatic rings. The van der Waals surface area contributed by atoms with Crippen molar-refractivity contribution < 1.29 is 23.5 Å². The van der Waals surface area contributed by atoms with Gasteiger partial charge < -0.3 is 9.47 Å². The van der Waals surface area contributed by atoms with Gasteiger partial charge in [0, 0.05) is 12.2 Å². The Balaban J connectivity index is 1.56. The minimum absolute atomic E-state index is 0.105. The standard InChI is InChI=1S/C27H29FO4/c1-3-26(29)31-17-5-6-19-7-9-20(10-8-19)22-13-16-24(25(28)18-22)21-11-14-23(15-12-21)32-27(30)4-2/h3-4,7-10,13,16,18,21,23H,1-2,5-6,11-12,14-15,17H2. The first kappa shape index (κ1) is 23.5. The highest BCUT2D eigenvalue weighted by Gasteiger charge is 2.26. The number of hydrogen-bond donors (Lipinski definition) is 0. The van der Waals surface area contributed by atoms with Crippen LogP contribution in [0.4, 0.5) is 4.39 Å². The molecule has 0 atom stereocenters. The fourth-order valence-corrected chi connectivity index (χ4v) is 4.11. The quantitative estimate of drug-likeness (QED) is 0.279. The smallest absolute Gasteiger partial charge is 0.330 e. The predicted molar refractivity (Wildman–Crippen MR) is 123 cm³/mol. The molecule has 4 nitrogen and oxygen atoms in total. The van der Waals surface area contributed by atoms with Crippen molar-refractivity contribution in [2.75, 3.05) is 6.61 Å². The lowest BCUT2D eigenvalue weighted by Crippen LogP contribution is -2.23. The molecule has 0 N–H and O–H groups in total. The lowest BCUT2D eigenvalue weighted by molar-refractivity contribution is -0.144. The molecule has 3 rings (SSSR count). The average molecular weight is 437 g/mol. The van der Waals surface area contributed by atoms with Crippen molar-refractivity contribution in [1.82, 2.24) is 0 Å². The maximum absolute atomic E-state index is 14.9. The van der Waals surface area contributed by atoms with E-state index >= 15 is 0 Å². The van der Waals surface area contributed by atoms with Crippen molar-refractivity contribution in [2.45, 2.75) is 50.5 Å². The van der Waals surface area contributed by atoms with E-state index in [0.717, 1.165) is 66.9 Å². The normalized spacial score (nSPS) is 17.9.